The number of benzene rings is 1. The molecule has 3 rings (SSSR count). The van der Waals surface area contributed by atoms with Crippen LogP contribution in [0.2, 0.25) is 0 Å². The van der Waals surface area contributed by atoms with Gasteiger partial charge in [0.05, 0.1) is 12.0 Å². The monoisotopic (exact) mass is 323 g/mol. The van der Waals surface area contributed by atoms with Crippen LogP contribution in [0.25, 0.3) is 11.3 Å². The standard InChI is InChI=1S/C17H17N5O2/c1-12-10-18-11-22(17(12)24)8-7-19-16(23)15-9-14(20-21-15)13-5-3-2-4-6-13/h2-6,9-11H,7-8H2,1H3,(H,19,23)(H,20,21). The van der Waals surface area contributed by atoms with Crippen LogP contribution in [0.15, 0.2) is 53.7 Å². The third-order valence-electron chi connectivity index (χ3n) is 3.60. The molecule has 2 N–H and O–H groups in total. The quantitative estimate of drug-likeness (QED) is 0.742. The van der Waals surface area contributed by atoms with E-state index in [2.05, 4.69) is 20.5 Å². The molecule has 0 radical (unpaired) electrons. The normalized spacial score (nSPS) is 10.5. The molecule has 0 fully saturated rings. The maximum Gasteiger partial charge on any atom is 0.269 e. The lowest BCUT2D eigenvalue weighted by atomic mass is 10.1. The summed E-state index contributed by atoms with van der Waals surface area (Å²) in [6, 6.07) is 11.3. The summed E-state index contributed by atoms with van der Waals surface area (Å²) in [5.41, 5.74) is 2.49. The van der Waals surface area contributed by atoms with E-state index < -0.39 is 0 Å². The van der Waals surface area contributed by atoms with Crippen LogP contribution < -0.4 is 10.9 Å². The molecule has 0 bridgehead atoms. The highest BCUT2D eigenvalue weighted by Crippen LogP contribution is 2.16. The van der Waals surface area contributed by atoms with E-state index in [0.717, 1.165) is 5.56 Å². The second kappa shape index (κ2) is 6.91. The van der Waals surface area contributed by atoms with Gasteiger partial charge in [-0.1, -0.05) is 30.3 Å². The minimum Gasteiger partial charge on any atom is -0.349 e. The lowest BCUT2D eigenvalue weighted by Crippen LogP contribution is -2.31. The summed E-state index contributed by atoms with van der Waals surface area (Å²) in [6.45, 7) is 2.39. The van der Waals surface area contributed by atoms with Crippen molar-refractivity contribution in [1.82, 2.24) is 25.1 Å². The molecular formula is C17H17N5O2. The Morgan fingerprint density at radius 3 is 2.88 bits per heavy atom. The van der Waals surface area contributed by atoms with E-state index in [-0.39, 0.29) is 11.5 Å². The fraction of sp³-hybridized carbons (Fsp3) is 0.176. The second-order valence-electron chi connectivity index (χ2n) is 5.36. The molecule has 2 aromatic heterocycles. The molecule has 0 aliphatic heterocycles. The van der Waals surface area contributed by atoms with Crippen molar-refractivity contribution in [2.75, 3.05) is 6.54 Å². The van der Waals surface area contributed by atoms with Crippen molar-refractivity contribution in [1.29, 1.82) is 0 Å². The Bertz CT molecular complexity index is 899. The molecule has 1 aromatic carbocycles. The zero-order chi connectivity index (χ0) is 16.9. The molecule has 24 heavy (non-hydrogen) atoms. The molecule has 0 aliphatic rings. The molecule has 7 nitrogen and oxygen atoms in total. The van der Waals surface area contributed by atoms with E-state index in [9.17, 15) is 9.59 Å². The molecule has 122 valence electrons. The Kier molecular flexibility index (Phi) is 4.51. The molecule has 0 unspecified atom stereocenters. The molecule has 7 heteroatoms. The van der Waals surface area contributed by atoms with Gasteiger partial charge in [0, 0.05) is 30.4 Å². The van der Waals surface area contributed by atoms with E-state index in [1.807, 2.05) is 30.3 Å². The van der Waals surface area contributed by atoms with Crippen LogP contribution in [0.5, 0.6) is 0 Å². The Morgan fingerprint density at radius 1 is 1.29 bits per heavy atom. The summed E-state index contributed by atoms with van der Waals surface area (Å²) in [6.07, 6.45) is 2.98. The van der Waals surface area contributed by atoms with Crippen LogP contribution in [0.1, 0.15) is 16.1 Å². The maximum absolute atomic E-state index is 12.1. The fourth-order valence-electron chi connectivity index (χ4n) is 2.30. The predicted molar refractivity (Wildman–Crippen MR) is 89.6 cm³/mol. The van der Waals surface area contributed by atoms with Crippen molar-refractivity contribution in [2.45, 2.75) is 13.5 Å². The fourth-order valence-corrected chi connectivity index (χ4v) is 2.30. The third-order valence-corrected chi connectivity index (χ3v) is 3.60. The highest BCUT2D eigenvalue weighted by molar-refractivity contribution is 5.93. The predicted octanol–water partition coefficient (Wildman–Crippen LogP) is 1.37. The number of aromatic amines is 1. The maximum atomic E-state index is 12.1. The van der Waals surface area contributed by atoms with Gasteiger partial charge in [-0.2, -0.15) is 5.10 Å². The summed E-state index contributed by atoms with van der Waals surface area (Å²) in [5.74, 6) is -0.265. The van der Waals surface area contributed by atoms with Gasteiger partial charge in [0.1, 0.15) is 5.69 Å². The van der Waals surface area contributed by atoms with Gasteiger partial charge in [-0.15, -0.1) is 0 Å². The number of carbonyl (C=O) groups excluding carboxylic acids is 1. The first-order valence-corrected chi connectivity index (χ1v) is 7.55. The summed E-state index contributed by atoms with van der Waals surface area (Å²) in [7, 11) is 0. The van der Waals surface area contributed by atoms with E-state index in [0.29, 0.717) is 30.0 Å². The van der Waals surface area contributed by atoms with Crippen molar-refractivity contribution in [3.05, 3.63) is 70.5 Å². The first-order valence-electron chi connectivity index (χ1n) is 7.55. The number of rotatable bonds is 5. The number of nitrogens with one attached hydrogen (secondary N) is 2. The third kappa shape index (κ3) is 3.40. The molecule has 3 aromatic rings. The number of nitrogens with zero attached hydrogens (tertiary/aromatic N) is 3. The lowest BCUT2D eigenvalue weighted by molar-refractivity contribution is 0.0947. The van der Waals surface area contributed by atoms with Crippen LogP contribution in [0, 0.1) is 6.92 Å². The lowest BCUT2D eigenvalue weighted by Gasteiger charge is -2.06. The number of hydrogen-bond donors (Lipinski definition) is 2. The average molecular weight is 323 g/mol. The number of amides is 1. The Morgan fingerprint density at radius 2 is 2.08 bits per heavy atom. The van der Waals surface area contributed by atoms with Crippen molar-refractivity contribution >= 4 is 5.91 Å². The summed E-state index contributed by atoms with van der Waals surface area (Å²) < 4.78 is 1.47. The van der Waals surface area contributed by atoms with Crippen LogP contribution in [-0.4, -0.2) is 32.2 Å². The first-order chi connectivity index (χ1) is 11.6. The topological polar surface area (TPSA) is 92.7 Å². The van der Waals surface area contributed by atoms with Gasteiger partial charge >= 0.3 is 0 Å². The van der Waals surface area contributed by atoms with Gasteiger partial charge in [0.2, 0.25) is 0 Å². The second-order valence-corrected chi connectivity index (χ2v) is 5.36. The van der Waals surface area contributed by atoms with Gasteiger partial charge in [0.15, 0.2) is 0 Å². The van der Waals surface area contributed by atoms with Gasteiger partial charge in [-0.3, -0.25) is 19.3 Å². The molecule has 1 amide bonds. The van der Waals surface area contributed by atoms with Crippen LogP contribution in [0.4, 0.5) is 0 Å². The van der Waals surface area contributed by atoms with Crippen molar-refractivity contribution in [2.24, 2.45) is 0 Å². The van der Waals surface area contributed by atoms with Crippen LogP contribution in [0.3, 0.4) is 0 Å². The Balaban J connectivity index is 1.61. The number of aryl methyl sites for hydroxylation is 1. The minimum absolute atomic E-state index is 0.104. The van der Waals surface area contributed by atoms with Crippen LogP contribution >= 0.6 is 0 Å². The molecule has 0 atom stereocenters. The van der Waals surface area contributed by atoms with Gasteiger partial charge in [-0.25, -0.2) is 4.98 Å². The zero-order valence-electron chi connectivity index (χ0n) is 13.2. The Hall–Kier alpha value is -3.22. The van der Waals surface area contributed by atoms with Crippen molar-refractivity contribution < 1.29 is 4.79 Å². The minimum atomic E-state index is -0.265. The molecule has 2 heterocycles. The SMILES string of the molecule is Cc1cncn(CCNC(=O)c2cc(-c3ccccc3)n[nH]2)c1=O. The number of carbonyl (C=O) groups is 1. The van der Waals surface area contributed by atoms with E-state index in [1.54, 1.807) is 13.0 Å². The van der Waals surface area contributed by atoms with Gasteiger partial charge in [0.25, 0.3) is 11.5 Å². The highest BCUT2D eigenvalue weighted by Gasteiger charge is 2.10. The largest absolute Gasteiger partial charge is 0.349 e. The summed E-state index contributed by atoms with van der Waals surface area (Å²) in [4.78, 5) is 28.0. The highest BCUT2D eigenvalue weighted by atomic mass is 16.2. The van der Waals surface area contributed by atoms with E-state index in [1.165, 1.54) is 17.1 Å². The van der Waals surface area contributed by atoms with Crippen LogP contribution in [-0.2, 0) is 6.54 Å². The first kappa shape index (κ1) is 15.7. The number of aromatic nitrogens is 4. The van der Waals surface area contributed by atoms with Gasteiger partial charge < -0.3 is 5.32 Å². The van der Waals surface area contributed by atoms with Crippen molar-refractivity contribution in [3.8, 4) is 11.3 Å². The summed E-state index contributed by atoms with van der Waals surface area (Å²) in [5, 5.41) is 9.64. The number of H-pyrrole nitrogens is 1. The van der Waals surface area contributed by atoms with E-state index >= 15 is 0 Å². The van der Waals surface area contributed by atoms with E-state index in [4.69, 9.17) is 0 Å². The molecule has 0 spiro atoms. The molecule has 0 saturated carbocycles. The smallest absolute Gasteiger partial charge is 0.269 e. The molecular weight excluding hydrogens is 306 g/mol. The Labute approximate surface area is 138 Å². The van der Waals surface area contributed by atoms with Gasteiger partial charge in [-0.05, 0) is 13.0 Å². The summed E-state index contributed by atoms with van der Waals surface area (Å²) >= 11 is 0. The molecule has 0 aliphatic carbocycles. The van der Waals surface area contributed by atoms with Crippen molar-refractivity contribution in [3.63, 3.8) is 0 Å². The molecule has 0 saturated heterocycles. The number of hydrogen-bond acceptors (Lipinski definition) is 4. The average Bonchev–Trinajstić information content (AvgIpc) is 3.09. The zero-order valence-corrected chi connectivity index (χ0v) is 13.2.